The van der Waals surface area contributed by atoms with Crippen molar-refractivity contribution in [2.75, 3.05) is 5.75 Å². The van der Waals surface area contributed by atoms with Crippen molar-refractivity contribution in [1.29, 1.82) is 0 Å². The molecule has 0 spiro atoms. The van der Waals surface area contributed by atoms with Gasteiger partial charge in [0.15, 0.2) is 5.84 Å². The standard InChI is InChI=1S/C13H21N3O3S/c1-10(2)6-7-20(18,19)15-9-11-4-3-5-12(8-11)13(14)16-17/h3-5,8,10,15,17H,6-7,9H2,1-2H3,(H2,14,16). The molecule has 1 aromatic rings. The molecular formula is C13H21N3O3S. The predicted molar refractivity (Wildman–Crippen MR) is 79.0 cm³/mol. The second-order valence-electron chi connectivity index (χ2n) is 5.01. The van der Waals surface area contributed by atoms with E-state index in [0.29, 0.717) is 17.9 Å². The third kappa shape index (κ3) is 5.58. The van der Waals surface area contributed by atoms with Gasteiger partial charge in [0.2, 0.25) is 10.0 Å². The number of nitrogens with one attached hydrogen (secondary N) is 1. The molecule has 0 saturated carbocycles. The van der Waals surface area contributed by atoms with Gasteiger partial charge in [-0.1, -0.05) is 37.2 Å². The molecule has 7 heteroatoms. The third-order valence-electron chi connectivity index (χ3n) is 2.79. The zero-order chi connectivity index (χ0) is 15.2. The van der Waals surface area contributed by atoms with Gasteiger partial charge in [-0.3, -0.25) is 0 Å². The number of oxime groups is 1. The second-order valence-corrected chi connectivity index (χ2v) is 6.93. The Balaban J connectivity index is 2.66. The van der Waals surface area contributed by atoms with Crippen molar-refractivity contribution in [1.82, 2.24) is 4.72 Å². The lowest BCUT2D eigenvalue weighted by Crippen LogP contribution is -2.26. The molecule has 1 rings (SSSR count). The fourth-order valence-corrected chi connectivity index (χ4v) is 2.87. The minimum Gasteiger partial charge on any atom is -0.409 e. The number of nitrogens with zero attached hydrogens (tertiary/aromatic N) is 1. The molecule has 0 radical (unpaired) electrons. The van der Waals surface area contributed by atoms with Gasteiger partial charge in [-0.05, 0) is 24.0 Å². The Morgan fingerprint density at radius 2 is 2.15 bits per heavy atom. The lowest BCUT2D eigenvalue weighted by atomic mass is 10.1. The van der Waals surface area contributed by atoms with Gasteiger partial charge in [-0.15, -0.1) is 0 Å². The zero-order valence-corrected chi connectivity index (χ0v) is 12.5. The minimum absolute atomic E-state index is 0.00508. The van der Waals surface area contributed by atoms with E-state index >= 15 is 0 Å². The minimum atomic E-state index is -3.27. The predicted octanol–water partition coefficient (Wildman–Crippen LogP) is 1.25. The first kappa shape index (κ1) is 16.5. The van der Waals surface area contributed by atoms with Crippen molar-refractivity contribution in [3.05, 3.63) is 35.4 Å². The van der Waals surface area contributed by atoms with E-state index in [2.05, 4.69) is 9.88 Å². The molecule has 0 bridgehead atoms. The van der Waals surface area contributed by atoms with E-state index in [4.69, 9.17) is 10.9 Å². The summed E-state index contributed by atoms with van der Waals surface area (Å²) >= 11 is 0. The smallest absolute Gasteiger partial charge is 0.211 e. The average Bonchev–Trinajstić information content (AvgIpc) is 2.43. The van der Waals surface area contributed by atoms with Crippen LogP contribution in [0.3, 0.4) is 0 Å². The van der Waals surface area contributed by atoms with E-state index in [9.17, 15) is 8.42 Å². The number of rotatable bonds is 7. The number of amidine groups is 1. The van der Waals surface area contributed by atoms with E-state index in [0.717, 1.165) is 5.56 Å². The largest absolute Gasteiger partial charge is 0.409 e. The van der Waals surface area contributed by atoms with Gasteiger partial charge in [-0.2, -0.15) is 0 Å². The molecule has 0 fully saturated rings. The van der Waals surface area contributed by atoms with Gasteiger partial charge in [0, 0.05) is 12.1 Å². The Labute approximate surface area is 119 Å². The second kappa shape index (κ2) is 7.25. The molecule has 0 unspecified atom stereocenters. The Hall–Kier alpha value is -1.60. The van der Waals surface area contributed by atoms with Crippen LogP contribution in [0, 0.1) is 5.92 Å². The molecule has 0 aromatic heterocycles. The van der Waals surface area contributed by atoms with Crippen molar-refractivity contribution >= 4 is 15.9 Å². The fourth-order valence-electron chi connectivity index (χ4n) is 1.55. The molecular weight excluding hydrogens is 278 g/mol. The first-order valence-corrected chi connectivity index (χ1v) is 8.03. The lowest BCUT2D eigenvalue weighted by molar-refractivity contribution is 0.318. The normalized spacial score (nSPS) is 12.8. The van der Waals surface area contributed by atoms with Crippen LogP contribution in [-0.4, -0.2) is 25.2 Å². The molecule has 0 aliphatic rings. The first-order chi connectivity index (χ1) is 9.34. The Morgan fingerprint density at radius 1 is 1.45 bits per heavy atom. The van der Waals surface area contributed by atoms with Gasteiger partial charge < -0.3 is 10.9 Å². The van der Waals surface area contributed by atoms with Crippen LogP contribution in [0.5, 0.6) is 0 Å². The molecule has 0 amide bonds. The molecule has 0 saturated heterocycles. The molecule has 1 aromatic carbocycles. The number of nitrogens with two attached hydrogens (primary N) is 1. The van der Waals surface area contributed by atoms with Gasteiger partial charge in [0.1, 0.15) is 0 Å². The summed E-state index contributed by atoms with van der Waals surface area (Å²) in [4.78, 5) is 0. The van der Waals surface area contributed by atoms with Crippen molar-refractivity contribution in [2.45, 2.75) is 26.8 Å². The summed E-state index contributed by atoms with van der Waals surface area (Å²) in [5.41, 5.74) is 6.79. The van der Waals surface area contributed by atoms with Crippen molar-refractivity contribution in [2.24, 2.45) is 16.8 Å². The van der Waals surface area contributed by atoms with Gasteiger partial charge in [-0.25, -0.2) is 13.1 Å². The first-order valence-electron chi connectivity index (χ1n) is 6.38. The summed E-state index contributed by atoms with van der Waals surface area (Å²) in [5.74, 6) is 0.454. The summed E-state index contributed by atoms with van der Waals surface area (Å²) in [6.45, 7) is 4.15. The van der Waals surface area contributed by atoms with Crippen LogP contribution in [0.2, 0.25) is 0 Å². The molecule has 20 heavy (non-hydrogen) atoms. The van der Waals surface area contributed by atoms with Crippen LogP contribution >= 0.6 is 0 Å². The molecule has 0 aliphatic heterocycles. The number of sulfonamides is 1. The van der Waals surface area contributed by atoms with Gasteiger partial charge >= 0.3 is 0 Å². The Morgan fingerprint density at radius 3 is 2.75 bits per heavy atom. The topological polar surface area (TPSA) is 105 Å². The van der Waals surface area contributed by atoms with Gasteiger partial charge in [0.25, 0.3) is 0 Å². The summed E-state index contributed by atoms with van der Waals surface area (Å²) in [6.07, 6.45) is 0.624. The zero-order valence-electron chi connectivity index (χ0n) is 11.7. The summed E-state index contributed by atoms with van der Waals surface area (Å²) < 4.78 is 26.1. The lowest BCUT2D eigenvalue weighted by Gasteiger charge is -2.09. The maximum absolute atomic E-state index is 11.8. The fraction of sp³-hybridized carbons (Fsp3) is 0.462. The summed E-state index contributed by atoms with van der Waals surface area (Å²) in [7, 11) is -3.27. The SMILES string of the molecule is CC(C)CCS(=O)(=O)NCc1cccc(C(N)=NO)c1. The van der Waals surface area contributed by atoms with E-state index in [1.54, 1.807) is 24.3 Å². The van der Waals surface area contributed by atoms with Gasteiger partial charge in [0.05, 0.1) is 5.75 Å². The van der Waals surface area contributed by atoms with Crippen LogP contribution < -0.4 is 10.5 Å². The average molecular weight is 299 g/mol. The summed E-state index contributed by atoms with van der Waals surface area (Å²) in [6, 6.07) is 6.87. The Kier molecular flexibility index (Phi) is 5.97. The molecule has 4 N–H and O–H groups in total. The maximum Gasteiger partial charge on any atom is 0.211 e. The van der Waals surface area contributed by atoms with Crippen LogP contribution in [0.15, 0.2) is 29.4 Å². The number of hydrogen-bond donors (Lipinski definition) is 3. The quantitative estimate of drug-likeness (QED) is 0.305. The van der Waals surface area contributed by atoms with Crippen LogP contribution in [0.1, 0.15) is 31.4 Å². The molecule has 0 aliphatic carbocycles. The van der Waals surface area contributed by atoms with Crippen molar-refractivity contribution in [3.63, 3.8) is 0 Å². The maximum atomic E-state index is 11.8. The third-order valence-corrected chi connectivity index (χ3v) is 4.15. The molecule has 0 atom stereocenters. The van der Waals surface area contributed by atoms with E-state index < -0.39 is 10.0 Å². The Bertz CT molecular complexity index is 568. The monoisotopic (exact) mass is 299 g/mol. The van der Waals surface area contributed by atoms with E-state index in [1.807, 2.05) is 13.8 Å². The van der Waals surface area contributed by atoms with Crippen molar-refractivity contribution in [3.8, 4) is 0 Å². The van der Waals surface area contributed by atoms with Crippen LogP contribution in [0.4, 0.5) is 0 Å². The van der Waals surface area contributed by atoms with Crippen LogP contribution in [-0.2, 0) is 16.6 Å². The van der Waals surface area contributed by atoms with Crippen LogP contribution in [0.25, 0.3) is 0 Å². The highest BCUT2D eigenvalue weighted by Gasteiger charge is 2.11. The molecule has 112 valence electrons. The highest BCUT2D eigenvalue weighted by Crippen LogP contribution is 2.07. The highest BCUT2D eigenvalue weighted by molar-refractivity contribution is 7.89. The number of benzene rings is 1. The number of hydrogen-bond acceptors (Lipinski definition) is 4. The summed E-state index contributed by atoms with van der Waals surface area (Å²) in [5, 5.41) is 11.5. The van der Waals surface area contributed by atoms with E-state index in [1.165, 1.54) is 0 Å². The highest BCUT2D eigenvalue weighted by atomic mass is 32.2. The molecule has 6 nitrogen and oxygen atoms in total. The van der Waals surface area contributed by atoms with Crippen molar-refractivity contribution < 1.29 is 13.6 Å². The molecule has 0 heterocycles. The van der Waals surface area contributed by atoms with E-state index in [-0.39, 0.29) is 18.1 Å².